The molecule has 1 rings (SSSR count). The summed E-state index contributed by atoms with van der Waals surface area (Å²) in [6, 6.07) is 3.04. The summed E-state index contributed by atoms with van der Waals surface area (Å²) in [5.74, 6) is -0.182. The lowest BCUT2D eigenvalue weighted by molar-refractivity contribution is -0.380. The fraction of sp³-hybridized carbons (Fsp3) is 0.300. The van der Waals surface area contributed by atoms with E-state index in [0.717, 1.165) is 17.8 Å². The number of thiophene rings is 1. The number of nitrogens with zero attached hydrogens (tertiary/aromatic N) is 1. The first-order chi connectivity index (χ1) is 7.63. The van der Waals surface area contributed by atoms with Gasteiger partial charge in [0.2, 0.25) is 5.91 Å². The molecule has 0 radical (unpaired) electrons. The number of carbonyl (C=O) groups is 1. The monoisotopic (exact) mass is 240 g/mol. The third-order valence-corrected chi connectivity index (χ3v) is 2.74. The molecular weight excluding hydrogens is 228 g/mol. The van der Waals surface area contributed by atoms with E-state index in [4.69, 9.17) is 0 Å². The summed E-state index contributed by atoms with van der Waals surface area (Å²) >= 11 is 1.04. The average Bonchev–Trinajstić information content (AvgIpc) is 2.72. The molecule has 0 saturated carbocycles. The van der Waals surface area contributed by atoms with E-state index in [0.29, 0.717) is 11.4 Å². The predicted octanol–water partition coefficient (Wildman–Crippen LogP) is 2.20. The van der Waals surface area contributed by atoms with Gasteiger partial charge in [-0.15, -0.1) is 0 Å². The number of hydrogen-bond donors (Lipinski definition) is 1. The second kappa shape index (κ2) is 6.02. The zero-order chi connectivity index (χ0) is 12.0. The first-order valence-electron chi connectivity index (χ1n) is 4.83. The summed E-state index contributed by atoms with van der Waals surface area (Å²) in [4.78, 5) is 21.8. The van der Waals surface area contributed by atoms with E-state index in [-0.39, 0.29) is 10.9 Å². The second-order valence-electron chi connectivity index (χ2n) is 3.06. The van der Waals surface area contributed by atoms with Crippen molar-refractivity contribution >= 4 is 28.3 Å². The van der Waals surface area contributed by atoms with Gasteiger partial charge in [0.1, 0.15) is 0 Å². The summed E-state index contributed by atoms with van der Waals surface area (Å²) in [5.41, 5.74) is 0. The predicted molar refractivity (Wildman–Crippen MR) is 63.3 cm³/mol. The molecular formula is C10H12N2O3S. The van der Waals surface area contributed by atoms with Gasteiger partial charge in [-0.25, -0.2) is 0 Å². The zero-order valence-electron chi connectivity index (χ0n) is 8.80. The van der Waals surface area contributed by atoms with Crippen LogP contribution in [0.4, 0.5) is 5.00 Å². The lowest BCUT2D eigenvalue weighted by atomic mass is 10.4. The molecule has 1 amide bonds. The molecule has 5 nitrogen and oxygen atoms in total. The van der Waals surface area contributed by atoms with Gasteiger partial charge in [0.15, 0.2) is 0 Å². The number of carbonyl (C=O) groups excluding carboxylic acids is 1. The fourth-order valence-corrected chi connectivity index (χ4v) is 1.72. The van der Waals surface area contributed by atoms with Crippen LogP contribution in [0.15, 0.2) is 18.2 Å². The van der Waals surface area contributed by atoms with Crippen LogP contribution in [-0.4, -0.2) is 17.4 Å². The number of nitro groups is 1. The molecule has 0 aliphatic heterocycles. The maximum atomic E-state index is 11.2. The van der Waals surface area contributed by atoms with Gasteiger partial charge < -0.3 is 5.32 Å². The Labute approximate surface area is 96.9 Å². The van der Waals surface area contributed by atoms with E-state index >= 15 is 0 Å². The van der Waals surface area contributed by atoms with Crippen molar-refractivity contribution in [2.45, 2.75) is 13.3 Å². The highest BCUT2D eigenvalue weighted by Gasteiger charge is 2.07. The molecule has 16 heavy (non-hydrogen) atoms. The van der Waals surface area contributed by atoms with Crippen molar-refractivity contribution in [1.82, 2.24) is 5.32 Å². The Hall–Kier alpha value is -1.69. The highest BCUT2D eigenvalue weighted by molar-refractivity contribution is 7.16. The van der Waals surface area contributed by atoms with Gasteiger partial charge in [-0.3, -0.25) is 14.9 Å². The summed E-state index contributed by atoms with van der Waals surface area (Å²) in [6.45, 7) is 2.60. The van der Waals surface area contributed by atoms with Crippen LogP contribution in [0.25, 0.3) is 6.08 Å². The van der Waals surface area contributed by atoms with Crippen LogP contribution in [0.1, 0.15) is 18.2 Å². The first-order valence-corrected chi connectivity index (χ1v) is 5.65. The highest BCUT2D eigenvalue weighted by Crippen LogP contribution is 2.24. The molecule has 0 aromatic carbocycles. The Kier molecular flexibility index (Phi) is 4.65. The van der Waals surface area contributed by atoms with Gasteiger partial charge in [0.25, 0.3) is 0 Å². The van der Waals surface area contributed by atoms with E-state index in [9.17, 15) is 14.9 Å². The molecule has 0 saturated heterocycles. The molecule has 0 spiro atoms. The second-order valence-corrected chi connectivity index (χ2v) is 4.15. The van der Waals surface area contributed by atoms with Crippen LogP contribution in [0.3, 0.4) is 0 Å². The minimum absolute atomic E-state index is 0.0774. The summed E-state index contributed by atoms with van der Waals surface area (Å²) in [7, 11) is 0. The molecule has 0 bridgehead atoms. The standard InChI is InChI=1S/C10H12N2O3S/c1-2-7-11-9(13)5-3-8-4-6-10(16-8)12(14)15/h3-6H,2,7H2,1H3,(H,11,13)/b5-3+. The van der Waals surface area contributed by atoms with E-state index in [1.54, 1.807) is 12.1 Å². The Morgan fingerprint density at radius 1 is 1.62 bits per heavy atom. The van der Waals surface area contributed by atoms with Gasteiger partial charge in [-0.2, -0.15) is 0 Å². The number of hydrogen-bond acceptors (Lipinski definition) is 4. The third kappa shape index (κ3) is 3.82. The Balaban J connectivity index is 2.55. The van der Waals surface area contributed by atoms with Gasteiger partial charge >= 0.3 is 5.00 Å². The van der Waals surface area contributed by atoms with Crippen LogP contribution >= 0.6 is 11.3 Å². The molecule has 0 atom stereocenters. The smallest absolute Gasteiger partial charge is 0.324 e. The lowest BCUT2D eigenvalue weighted by Gasteiger charge is -1.96. The molecule has 1 aromatic heterocycles. The minimum Gasteiger partial charge on any atom is -0.353 e. The molecule has 0 aliphatic rings. The molecule has 0 unspecified atom stereocenters. The van der Waals surface area contributed by atoms with Crippen LogP contribution in [0, 0.1) is 10.1 Å². The highest BCUT2D eigenvalue weighted by atomic mass is 32.1. The Bertz CT molecular complexity index is 412. The fourth-order valence-electron chi connectivity index (χ4n) is 0.995. The van der Waals surface area contributed by atoms with E-state index in [2.05, 4.69) is 5.32 Å². The summed E-state index contributed by atoms with van der Waals surface area (Å²) < 4.78 is 0. The Morgan fingerprint density at radius 3 is 2.94 bits per heavy atom. The van der Waals surface area contributed by atoms with Gasteiger partial charge in [-0.1, -0.05) is 18.3 Å². The van der Waals surface area contributed by atoms with Crippen LogP contribution in [0.2, 0.25) is 0 Å². The molecule has 86 valence electrons. The molecule has 0 aliphatic carbocycles. The normalized spacial score (nSPS) is 10.6. The SMILES string of the molecule is CCCNC(=O)/C=C/c1ccc([N+](=O)[O-])s1. The first kappa shape index (κ1) is 12.4. The van der Waals surface area contributed by atoms with Crippen LogP contribution < -0.4 is 5.32 Å². The van der Waals surface area contributed by atoms with Crippen LogP contribution in [0.5, 0.6) is 0 Å². The molecule has 1 aromatic rings. The maximum Gasteiger partial charge on any atom is 0.324 e. The molecule has 1 heterocycles. The van der Waals surface area contributed by atoms with Crippen molar-refractivity contribution in [3.63, 3.8) is 0 Å². The number of amides is 1. The van der Waals surface area contributed by atoms with E-state index in [1.807, 2.05) is 6.92 Å². The number of nitrogens with one attached hydrogen (secondary N) is 1. The van der Waals surface area contributed by atoms with E-state index in [1.165, 1.54) is 12.1 Å². The van der Waals surface area contributed by atoms with Crippen LogP contribution in [-0.2, 0) is 4.79 Å². The quantitative estimate of drug-likeness (QED) is 0.487. The molecule has 1 N–H and O–H groups in total. The largest absolute Gasteiger partial charge is 0.353 e. The molecule has 0 fully saturated rings. The maximum absolute atomic E-state index is 11.2. The van der Waals surface area contributed by atoms with Crippen molar-refractivity contribution in [3.8, 4) is 0 Å². The van der Waals surface area contributed by atoms with Gasteiger partial charge in [0, 0.05) is 23.6 Å². The third-order valence-electron chi connectivity index (χ3n) is 1.74. The number of rotatable bonds is 5. The van der Waals surface area contributed by atoms with Crippen molar-refractivity contribution in [1.29, 1.82) is 0 Å². The van der Waals surface area contributed by atoms with Crippen molar-refractivity contribution < 1.29 is 9.72 Å². The van der Waals surface area contributed by atoms with Crippen molar-refractivity contribution in [2.24, 2.45) is 0 Å². The summed E-state index contributed by atoms with van der Waals surface area (Å²) in [5, 5.41) is 13.2. The molecule has 6 heteroatoms. The van der Waals surface area contributed by atoms with E-state index < -0.39 is 4.92 Å². The van der Waals surface area contributed by atoms with Gasteiger partial charge in [-0.05, 0) is 18.6 Å². The lowest BCUT2D eigenvalue weighted by Crippen LogP contribution is -2.21. The summed E-state index contributed by atoms with van der Waals surface area (Å²) in [6.07, 6.45) is 3.83. The zero-order valence-corrected chi connectivity index (χ0v) is 9.62. The average molecular weight is 240 g/mol. The Morgan fingerprint density at radius 2 is 2.38 bits per heavy atom. The minimum atomic E-state index is -0.445. The topological polar surface area (TPSA) is 72.2 Å². The van der Waals surface area contributed by atoms with Crippen molar-refractivity contribution in [2.75, 3.05) is 6.54 Å². The van der Waals surface area contributed by atoms with Gasteiger partial charge in [0.05, 0.1) is 4.92 Å². The van der Waals surface area contributed by atoms with Crippen molar-refractivity contribution in [3.05, 3.63) is 33.2 Å².